The lowest BCUT2D eigenvalue weighted by atomic mass is 10.2. The van der Waals surface area contributed by atoms with Crippen molar-refractivity contribution in [2.45, 2.75) is 26.4 Å². The van der Waals surface area contributed by atoms with Crippen molar-refractivity contribution in [3.63, 3.8) is 0 Å². The zero-order chi connectivity index (χ0) is 11.8. The van der Waals surface area contributed by atoms with Gasteiger partial charge in [0.2, 0.25) is 0 Å². The van der Waals surface area contributed by atoms with Gasteiger partial charge in [0.15, 0.2) is 5.82 Å². The van der Waals surface area contributed by atoms with Crippen LogP contribution < -0.4 is 5.32 Å². The Morgan fingerprint density at radius 1 is 1.62 bits per heavy atom. The van der Waals surface area contributed by atoms with Crippen LogP contribution in [-0.4, -0.2) is 35.0 Å². The van der Waals surface area contributed by atoms with Crippen LogP contribution in [0.4, 0.5) is 0 Å². The molecular weight excluding hydrogens is 204 g/mol. The molecule has 90 valence electrons. The topological polar surface area (TPSA) is 52.0 Å². The molecule has 1 aromatic rings. The average Bonchev–Trinajstić information content (AvgIpc) is 2.70. The minimum Gasteiger partial charge on any atom is -0.383 e. The summed E-state index contributed by atoms with van der Waals surface area (Å²) in [6, 6.07) is 0. The van der Waals surface area contributed by atoms with Crippen LogP contribution in [0.1, 0.15) is 19.2 Å². The highest BCUT2D eigenvalue weighted by molar-refractivity contribution is 4.88. The first-order valence-corrected chi connectivity index (χ1v) is 5.44. The molecule has 0 amide bonds. The van der Waals surface area contributed by atoms with E-state index in [1.54, 1.807) is 13.4 Å². The molecule has 5 nitrogen and oxygen atoms in total. The second-order valence-electron chi connectivity index (χ2n) is 3.80. The Morgan fingerprint density at radius 3 is 3.12 bits per heavy atom. The van der Waals surface area contributed by atoms with E-state index in [2.05, 4.69) is 22.0 Å². The zero-order valence-corrected chi connectivity index (χ0v) is 10.1. The van der Waals surface area contributed by atoms with Crippen LogP contribution in [0.3, 0.4) is 0 Å². The Labute approximate surface area is 96.5 Å². The predicted octanol–water partition coefficient (Wildman–Crippen LogP) is 0.980. The molecule has 0 radical (unpaired) electrons. The second-order valence-corrected chi connectivity index (χ2v) is 3.80. The third-order valence-corrected chi connectivity index (χ3v) is 2.12. The van der Waals surface area contributed by atoms with E-state index in [1.807, 2.05) is 11.6 Å². The lowest BCUT2D eigenvalue weighted by Crippen LogP contribution is -2.19. The van der Waals surface area contributed by atoms with E-state index in [0.717, 1.165) is 30.9 Å². The summed E-state index contributed by atoms with van der Waals surface area (Å²) < 4.78 is 6.78. The van der Waals surface area contributed by atoms with E-state index >= 15 is 0 Å². The van der Waals surface area contributed by atoms with Gasteiger partial charge in [-0.25, -0.2) is 4.98 Å². The molecule has 1 N–H and O–H groups in total. The number of allylic oxidation sites excluding steroid dienone is 1. The number of hydrogen-bond donors (Lipinski definition) is 1. The third kappa shape index (κ3) is 5.04. The van der Waals surface area contributed by atoms with Gasteiger partial charge in [0, 0.05) is 20.2 Å². The van der Waals surface area contributed by atoms with Crippen molar-refractivity contribution >= 4 is 0 Å². The first-order valence-electron chi connectivity index (χ1n) is 5.44. The SMILES string of the molecule is C=C(C)CCn1cnc(CNCCOC)n1. The summed E-state index contributed by atoms with van der Waals surface area (Å²) in [6.07, 6.45) is 2.70. The zero-order valence-electron chi connectivity index (χ0n) is 10.1. The number of nitrogens with zero attached hydrogens (tertiary/aromatic N) is 3. The van der Waals surface area contributed by atoms with E-state index in [-0.39, 0.29) is 0 Å². The molecule has 0 unspecified atom stereocenters. The smallest absolute Gasteiger partial charge is 0.164 e. The fraction of sp³-hybridized carbons (Fsp3) is 0.636. The maximum atomic E-state index is 4.93. The van der Waals surface area contributed by atoms with Gasteiger partial charge in [0.1, 0.15) is 6.33 Å². The minimum absolute atomic E-state index is 0.684. The summed E-state index contributed by atoms with van der Waals surface area (Å²) in [6.45, 7) is 8.93. The molecule has 0 saturated heterocycles. The standard InChI is InChI=1S/C11H20N4O/c1-10(2)4-6-15-9-13-11(14-15)8-12-5-7-16-3/h9,12H,1,4-8H2,2-3H3. The van der Waals surface area contributed by atoms with Crippen LogP contribution >= 0.6 is 0 Å². The third-order valence-electron chi connectivity index (χ3n) is 2.12. The molecule has 0 bridgehead atoms. The summed E-state index contributed by atoms with van der Waals surface area (Å²) in [5.41, 5.74) is 1.16. The summed E-state index contributed by atoms with van der Waals surface area (Å²) >= 11 is 0. The molecule has 1 rings (SSSR count). The molecule has 0 aromatic carbocycles. The van der Waals surface area contributed by atoms with Gasteiger partial charge in [0.25, 0.3) is 0 Å². The Kier molecular flexibility index (Phi) is 5.74. The highest BCUT2D eigenvalue weighted by Gasteiger charge is 1.99. The lowest BCUT2D eigenvalue weighted by molar-refractivity contribution is 0.199. The fourth-order valence-electron chi connectivity index (χ4n) is 1.20. The van der Waals surface area contributed by atoms with Crippen molar-refractivity contribution in [2.24, 2.45) is 0 Å². The second kappa shape index (κ2) is 7.14. The monoisotopic (exact) mass is 224 g/mol. The summed E-state index contributed by atoms with van der Waals surface area (Å²) in [4.78, 5) is 4.21. The van der Waals surface area contributed by atoms with E-state index in [1.165, 1.54) is 0 Å². The van der Waals surface area contributed by atoms with Crippen LogP contribution in [0.25, 0.3) is 0 Å². The largest absolute Gasteiger partial charge is 0.383 e. The molecule has 1 aromatic heterocycles. The number of hydrogen-bond acceptors (Lipinski definition) is 4. The molecule has 0 aliphatic rings. The van der Waals surface area contributed by atoms with Crippen LogP contribution in [0, 0.1) is 0 Å². The minimum atomic E-state index is 0.684. The Hall–Kier alpha value is -1.20. The van der Waals surface area contributed by atoms with Crippen LogP contribution in [0.2, 0.25) is 0 Å². The first-order chi connectivity index (χ1) is 7.72. The van der Waals surface area contributed by atoms with Crippen LogP contribution in [0.5, 0.6) is 0 Å². The molecular formula is C11H20N4O. The average molecular weight is 224 g/mol. The summed E-state index contributed by atoms with van der Waals surface area (Å²) in [5.74, 6) is 0.817. The maximum absolute atomic E-state index is 4.93. The fourth-order valence-corrected chi connectivity index (χ4v) is 1.20. The van der Waals surface area contributed by atoms with Gasteiger partial charge in [0.05, 0.1) is 13.2 Å². The van der Waals surface area contributed by atoms with Gasteiger partial charge in [-0.15, -0.1) is 6.58 Å². The summed E-state index contributed by atoms with van der Waals surface area (Å²) in [7, 11) is 1.69. The van der Waals surface area contributed by atoms with E-state index < -0.39 is 0 Å². The van der Waals surface area contributed by atoms with Crippen molar-refractivity contribution in [1.29, 1.82) is 0 Å². The Morgan fingerprint density at radius 2 is 2.44 bits per heavy atom. The van der Waals surface area contributed by atoms with E-state index in [0.29, 0.717) is 13.2 Å². The van der Waals surface area contributed by atoms with Crippen molar-refractivity contribution in [3.8, 4) is 0 Å². The quantitative estimate of drug-likeness (QED) is 0.528. The highest BCUT2D eigenvalue weighted by Crippen LogP contribution is 1.98. The molecule has 0 saturated carbocycles. The molecule has 1 heterocycles. The van der Waals surface area contributed by atoms with Gasteiger partial charge in [-0.3, -0.25) is 4.68 Å². The lowest BCUT2D eigenvalue weighted by Gasteiger charge is -2.00. The maximum Gasteiger partial charge on any atom is 0.164 e. The number of methoxy groups -OCH3 is 1. The number of ether oxygens (including phenoxy) is 1. The van der Waals surface area contributed by atoms with Crippen molar-refractivity contribution in [3.05, 3.63) is 24.3 Å². The van der Waals surface area contributed by atoms with Gasteiger partial charge in [-0.05, 0) is 13.3 Å². The number of aryl methyl sites for hydroxylation is 1. The van der Waals surface area contributed by atoms with E-state index in [4.69, 9.17) is 4.74 Å². The first kappa shape index (κ1) is 12.9. The molecule has 16 heavy (non-hydrogen) atoms. The highest BCUT2D eigenvalue weighted by atomic mass is 16.5. The van der Waals surface area contributed by atoms with Crippen molar-refractivity contribution < 1.29 is 4.74 Å². The molecule has 0 atom stereocenters. The van der Waals surface area contributed by atoms with Crippen LogP contribution in [-0.2, 0) is 17.8 Å². The molecule has 0 aliphatic carbocycles. The van der Waals surface area contributed by atoms with Crippen LogP contribution in [0.15, 0.2) is 18.5 Å². The Balaban J connectivity index is 2.25. The molecule has 0 spiro atoms. The predicted molar refractivity (Wildman–Crippen MR) is 63.0 cm³/mol. The summed E-state index contributed by atoms with van der Waals surface area (Å²) in [5, 5.41) is 7.54. The Bertz CT molecular complexity index is 322. The van der Waals surface area contributed by atoms with Gasteiger partial charge in [-0.1, -0.05) is 5.57 Å². The van der Waals surface area contributed by atoms with Crippen molar-refractivity contribution in [1.82, 2.24) is 20.1 Å². The number of nitrogens with one attached hydrogen (secondary N) is 1. The normalized spacial score (nSPS) is 10.6. The molecule has 0 aliphatic heterocycles. The van der Waals surface area contributed by atoms with Gasteiger partial charge in [-0.2, -0.15) is 5.10 Å². The van der Waals surface area contributed by atoms with Crippen molar-refractivity contribution in [2.75, 3.05) is 20.3 Å². The number of rotatable bonds is 8. The molecule has 5 heteroatoms. The molecule has 0 fully saturated rings. The van der Waals surface area contributed by atoms with Gasteiger partial charge >= 0.3 is 0 Å². The van der Waals surface area contributed by atoms with Gasteiger partial charge < -0.3 is 10.1 Å². The number of aromatic nitrogens is 3. The van der Waals surface area contributed by atoms with E-state index in [9.17, 15) is 0 Å².